The van der Waals surface area contributed by atoms with Gasteiger partial charge in [-0.15, -0.1) is 0 Å². The van der Waals surface area contributed by atoms with Crippen molar-refractivity contribution in [3.63, 3.8) is 0 Å². The Balaban J connectivity index is 1.81. The van der Waals surface area contributed by atoms with Crippen LogP contribution in [0, 0.1) is 0 Å². The molecule has 33 heavy (non-hydrogen) atoms. The van der Waals surface area contributed by atoms with Gasteiger partial charge in [0.25, 0.3) is 11.4 Å². The molecule has 9 atom stereocenters. The number of ether oxygens (including phenoxy) is 2. The molecule has 4 heterocycles. The zero-order valence-corrected chi connectivity index (χ0v) is 17.5. The number of nitrogens with two attached hydrogens (primary N) is 1. The molecule has 0 saturated carbocycles. The number of phosphoric acid groups is 1. The van der Waals surface area contributed by atoms with Gasteiger partial charge in [0.1, 0.15) is 24.4 Å². The van der Waals surface area contributed by atoms with Crippen LogP contribution in [-0.4, -0.2) is 114 Å². The Kier molecular flexibility index (Phi) is 6.19. The number of aliphatic hydroxyl groups is 5. The van der Waals surface area contributed by atoms with Crippen molar-refractivity contribution in [2.45, 2.75) is 49.1 Å². The highest BCUT2D eigenvalue weighted by Gasteiger charge is 2.66. The fourth-order valence-electron chi connectivity index (χ4n) is 4.21. The van der Waals surface area contributed by atoms with Gasteiger partial charge in [-0.05, 0) is 0 Å². The maximum absolute atomic E-state index is 12.4. The number of fused-ring (bicyclic) bond motifs is 1. The lowest BCUT2D eigenvalue weighted by atomic mass is 10.1. The second kappa shape index (κ2) is 8.42. The van der Waals surface area contributed by atoms with Crippen molar-refractivity contribution >= 4 is 31.6 Å². The standard InChI is InChI=1S/C15H22N5O12P/c16-15-18-11-6(12(26)19-15)17-3-20(11,13-9(24)7(22)4(1-21)31-13)14-10(25)8(23)5(32-14)2-30-33(27,28)29/h3-5,7-10,13-14,21-25H,1-2H2,(H4-,16,18,19,26,27,28,29)/p+1/t4-,5-,7-,8-,9+,10-,13-,14-,20?/m1/s1. The number of nitrogens with zero attached hydrogens (tertiary/aromatic N) is 3. The average Bonchev–Trinajstić information content (AvgIpc) is 3.34. The molecule has 0 radical (unpaired) electrons. The summed E-state index contributed by atoms with van der Waals surface area (Å²) in [6.07, 6.45) is -11.8. The van der Waals surface area contributed by atoms with Crippen LogP contribution < -0.4 is 15.8 Å². The number of hydrogen-bond acceptors (Lipinski definition) is 13. The van der Waals surface area contributed by atoms with E-state index in [-0.39, 0.29) is 17.5 Å². The van der Waals surface area contributed by atoms with Crippen LogP contribution >= 0.6 is 7.82 Å². The number of aromatic nitrogens is 2. The van der Waals surface area contributed by atoms with Crippen LogP contribution in [0.15, 0.2) is 9.79 Å². The van der Waals surface area contributed by atoms with Gasteiger partial charge in [-0.2, -0.15) is 14.5 Å². The Morgan fingerprint density at radius 3 is 2.21 bits per heavy atom. The largest absolute Gasteiger partial charge is 0.469 e. The predicted molar refractivity (Wildman–Crippen MR) is 106 cm³/mol. The summed E-state index contributed by atoms with van der Waals surface area (Å²) in [5, 5.41) is 51.7. The number of aromatic amines is 1. The molecular weight excluding hydrogens is 473 g/mol. The van der Waals surface area contributed by atoms with E-state index in [2.05, 4.69) is 19.5 Å². The van der Waals surface area contributed by atoms with E-state index in [1.54, 1.807) is 0 Å². The van der Waals surface area contributed by atoms with E-state index >= 15 is 0 Å². The maximum Gasteiger partial charge on any atom is 0.469 e. The van der Waals surface area contributed by atoms with Gasteiger partial charge in [0.2, 0.25) is 30.4 Å². The van der Waals surface area contributed by atoms with Gasteiger partial charge in [-0.1, -0.05) is 0 Å². The van der Waals surface area contributed by atoms with Crippen molar-refractivity contribution in [2.24, 2.45) is 4.99 Å². The summed E-state index contributed by atoms with van der Waals surface area (Å²) in [6, 6.07) is 0. The van der Waals surface area contributed by atoms with Crippen LogP contribution in [0.2, 0.25) is 0 Å². The van der Waals surface area contributed by atoms with Crippen molar-refractivity contribution in [2.75, 3.05) is 18.9 Å². The molecule has 18 heteroatoms. The first-order valence-corrected chi connectivity index (χ1v) is 11.1. The minimum atomic E-state index is -4.95. The molecule has 17 nitrogen and oxygen atoms in total. The number of aliphatic hydroxyl groups excluding tert-OH is 5. The van der Waals surface area contributed by atoms with E-state index in [1.165, 1.54) is 0 Å². The number of phosphoric ester groups is 1. The van der Waals surface area contributed by atoms with E-state index in [4.69, 9.17) is 25.0 Å². The fourth-order valence-corrected chi connectivity index (χ4v) is 4.55. The number of nitrogens with one attached hydrogen (secondary N) is 1. The molecule has 0 amide bonds. The van der Waals surface area contributed by atoms with Crippen LogP contribution in [0.5, 0.6) is 0 Å². The number of rotatable bonds is 6. The summed E-state index contributed by atoms with van der Waals surface area (Å²) in [5.41, 5.74) is 4.59. The van der Waals surface area contributed by atoms with E-state index in [0.717, 1.165) is 6.34 Å². The minimum absolute atomic E-state index is 0.265. The second-order valence-electron chi connectivity index (χ2n) is 7.76. The highest BCUT2D eigenvalue weighted by Crippen LogP contribution is 2.46. The van der Waals surface area contributed by atoms with Crippen LogP contribution in [-0.2, 0) is 18.6 Å². The van der Waals surface area contributed by atoms with Gasteiger partial charge in [0.15, 0.2) is 12.2 Å². The quantitative estimate of drug-likeness (QED) is 0.132. The zero-order valence-electron chi connectivity index (χ0n) is 16.6. The van der Waals surface area contributed by atoms with E-state index in [0.29, 0.717) is 0 Å². The number of aliphatic imine (C=N–C) groups is 1. The molecule has 1 aromatic rings. The monoisotopic (exact) mass is 496 g/mol. The molecule has 2 saturated heterocycles. The third-order valence-corrected chi connectivity index (χ3v) is 6.23. The van der Waals surface area contributed by atoms with E-state index < -0.39 is 80.2 Å². The molecule has 1 aromatic heterocycles. The van der Waals surface area contributed by atoms with Gasteiger partial charge in [0, 0.05) is 0 Å². The highest BCUT2D eigenvalue weighted by molar-refractivity contribution is 7.46. The molecule has 3 aliphatic heterocycles. The lowest BCUT2D eigenvalue weighted by Gasteiger charge is -2.40. The Hall–Kier alpha value is -1.86. The second-order valence-corrected chi connectivity index (χ2v) is 9.00. The van der Waals surface area contributed by atoms with Crippen LogP contribution in [0.25, 0.3) is 0 Å². The molecule has 1 unspecified atom stereocenters. The number of H-pyrrole nitrogens is 1. The first-order chi connectivity index (χ1) is 15.4. The summed E-state index contributed by atoms with van der Waals surface area (Å²) < 4.78 is 25.7. The molecule has 4 rings (SSSR count). The number of quaternary nitrogens is 1. The van der Waals surface area contributed by atoms with Gasteiger partial charge in [-0.3, -0.25) is 14.3 Å². The minimum Gasteiger partial charge on any atom is -0.394 e. The topological polar surface area (TPSA) is 270 Å². The Bertz CT molecular complexity index is 1050. The summed E-state index contributed by atoms with van der Waals surface area (Å²) in [4.78, 5) is 40.5. The van der Waals surface area contributed by atoms with Gasteiger partial charge >= 0.3 is 7.82 Å². The highest BCUT2D eigenvalue weighted by atomic mass is 31.2. The first-order valence-electron chi connectivity index (χ1n) is 9.58. The molecule has 3 aliphatic rings. The summed E-state index contributed by atoms with van der Waals surface area (Å²) in [7, 11) is -4.95. The first kappa shape index (κ1) is 24.3. The molecule has 0 bridgehead atoms. The Morgan fingerprint density at radius 2 is 1.67 bits per heavy atom. The molecule has 0 aliphatic carbocycles. The SMILES string of the molecule is Nc1nc2c(c(=O)[nH]1)N=C[N+]2([C@@H]1O[C@H](COP(=O)(O)O)[C@@H](O)[C@H]1O)[C@@H]1O[C@H](CO)[C@@H](O)[C@@H]1O. The lowest BCUT2D eigenvalue weighted by Crippen LogP contribution is -2.68. The van der Waals surface area contributed by atoms with Crippen molar-refractivity contribution < 1.29 is 53.9 Å². The van der Waals surface area contributed by atoms with Crippen molar-refractivity contribution in [1.29, 1.82) is 0 Å². The molecule has 0 aromatic carbocycles. The fraction of sp³-hybridized carbons (Fsp3) is 0.667. The number of anilines is 1. The van der Waals surface area contributed by atoms with Gasteiger partial charge < -0.3 is 50.5 Å². The number of nitrogen functional groups attached to an aromatic ring is 1. The van der Waals surface area contributed by atoms with E-state index in [9.17, 15) is 34.9 Å². The van der Waals surface area contributed by atoms with Crippen LogP contribution in [0.1, 0.15) is 0 Å². The van der Waals surface area contributed by atoms with Crippen molar-refractivity contribution in [1.82, 2.24) is 14.5 Å². The predicted octanol–water partition coefficient (Wildman–Crippen LogP) is -4.67. The van der Waals surface area contributed by atoms with Gasteiger partial charge in [-0.25, -0.2) is 4.57 Å². The zero-order chi connectivity index (χ0) is 24.3. The summed E-state index contributed by atoms with van der Waals surface area (Å²) in [5.74, 6) is -0.633. The summed E-state index contributed by atoms with van der Waals surface area (Å²) in [6.45, 7) is -1.52. The average molecular weight is 496 g/mol. The Labute approximate surface area is 184 Å². The molecular formula is C15H23N5O12P+. The van der Waals surface area contributed by atoms with Crippen molar-refractivity contribution in [3.8, 4) is 0 Å². The van der Waals surface area contributed by atoms with Gasteiger partial charge in [0.05, 0.1) is 13.2 Å². The third kappa shape index (κ3) is 3.91. The molecule has 10 N–H and O–H groups in total. The smallest absolute Gasteiger partial charge is 0.394 e. The maximum atomic E-state index is 12.4. The lowest BCUT2D eigenvalue weighted by molar-refractivity contribution is -0.147. The summed E-state index contributed by atoms with van der Waals surface area (Å²) >= 11 is 0. The van der Waals surface area contributed by atoms with Crippen molar-refractivity contribution in [3.05, 3.63) is 10.4 Å². The van der Waals surface area contributed by atoms with Crippen LogP contribution in [0.4, 0.5) is 17.5 Å². The molecule has 0 spiro atoms. The Morgan fingerprint density at radius 1 is 1.09 bits per heavy atom. The number of hydrogen-bond donors (Lipinski definition) is 9. The van der Waals surface area contributed by atoms with E-state index in [1.807, 2.05) is 0 Å². The molecule has 2 fully saturated rings. The normalized spacial score (nSPS) is 40.5. The molecule has 184 valence electrons. The third-order valence-electron chi connectivity index (χ3n) is 5.74. The van der Waals surface area contributed by atoms with Crippen LogP contribution in [0.3, 0.4) is 0 Å².